The molecule has 5 rings (SSSR count). The largest absolute Gasteiger partial charge is 0.494 e. The first-order valence-electron chi connectivity index (χ1n) is 16.9. The van der Waals surface area contributed by atoms with E-state index in [2.05, 4.69) is 66.7 Å². The SMILES string of the molecule is C=C(N)C1CCN(C/C(CNC)=N/C=C(\OC)c2cccc(-c3cccc(-c4cnc(CN5CCC(C)C5)c(CC)n4)c3C)c2N)C1. The summed E-state index contributed by atoms with van der Waals surface area (Å²) >= 11 is 0. The molecule has 2 fully saturated rings. The van der Waals surface area contributed by atoms with Crippen LogP contribution in [0.1, 0.15) is 49.2 Å². The normalized spacial score (nSPS) is 19.4. The molecule has 1 aromatic heterocycles. The number of benzene rings is 2. The molecule has 2 unspecified atom stereocenters. The van der Waals surface area contributed by atoms with Crippen LogP contribution in [0.25, 0.3) is 28.1 Å². The zero-order valence-corrected chi connectivity index (χ0v) is 28.9. The molecule has 2 aliphatic heterocycles. The molecule has 3 aromatic rings. The van der Waals surface area contributed by atoms with Crippen LogP contribution in [0, 0.1) is 18.8 Å². The summed E-state index contributed by atoms with van der Waals surface area (Å²) in [5.41, 5.74) is 23.3. The van der Waals surface area contributed by atoms with E-state index in [-0.39, 0.29) is 0 Å². The summed E-state index contributed by atoms with van der Waals surface area (Å²) in [5, 5.41) is 3.25. The minimum atomic E-state index is 0.337. The van der Waals surface area contributed by atoms with E-state index < -0.39 is 0 Å². The fourth-order valence-electron chi connectivity index (χ4n) is 6.86. The first kappa shape index (κ1) is 34.3. The highest BCUT2D eigenvalue weighted by molar-refractivity contribution is 5.91. The molecule has 0 bridgehead atoms. The molecule has 250 valence electrons. The molecule has 2 atom stereocenters. The molecule has 2 aliphatic rings. The number of aliphatic imine (C=N–C) groups is 1. The maximum absolute atomic E-state index is 6.90. The van der Waals surface area contributed by atoms with Crippen LogP contribution in [0.15, 0.2) is 66.1 Å². The molecule has 47 heavy (non-hydrogen) atoms. The number of anilines is 1. The quantitative estimate of drug-likeness (QED) is 0.128. The third kappa shape index (κ3) is 8.09. The van der Waals surface area contributed by atoms with Crippen molar-refractivity contribution in [2.24, 2.45) is 22.6 Å². The van der Waals surface area contributed by atoms with Crippen molar-refractivity contribution in [2.45, 2.75) is 46.6 Å². The van der Waals surface area contributed by atoms with Gasteiger partial charge in [-0.3, -0.25) is 19.8 Å². The number of nitrogens with two attached hydrogens (primary N) is 2. The molecule has 2 aromatic carbocycles. The van der Waals surface area contributed by atoms with Crippen molar-refractivity contribution in [3.63, 3.8) is 0 Å². The third-order valence-corrected chi connectivity index (χ3v) is 9.59. The van der Waals surface area contributed by atoms with Gasteiger partial charge in [-0.2, -0.15) is 0 Å². The van der Waals surface area contributed by atoms with Crippen LogP contribution in [0.5, 0.6) is 0 Å². The van der Waals surface area contributed by atoms with Gasteiger partial charge in [0.25, 0.3) is 0 Å². The Kier molecular flexibility index (Phi) is 11.4. The highest BCUT2D eigenvalue weighted by atomic mass is 16.5. The molecule has 0 amide bonds. The van der Waals surface area contributed by atoms with E-state index in [9.17, 15) is 0 Å². The summed E-state index contributed by atoms with van der Waals surface area (Å²) < 4.78 is 5.86. The summed E-state index contributed by atoms with van der Waals surface area (Å²) in [6, 6.07) is 12.4. The van der Waals surface area contributed by atoms with Gasteiger partial charge in [0, 0.05) is 66.7 Å². The highest BCUT2D eigenvalue weighted by Gasteiger charge is 2.24. The standard InChI is InChI=1S/C38H52N8O/c1-7-34-36(24-45-16-14-25(2)21-45)43-19-35(44-34)31-11-8-10-30(26(31)3)32-12-9-13-33(38(32)40)37(47-6)20-42-29(18-41-5)23-46-17-15-28(22-46)27(4)39/h8-13,19-20,25,28,41H,4,7,14-18,21-24,39-40H2,1-3,5-6H3/b37-20-,42-29+. The molecule has 9 nitrogen and oxygen atoms in total. The van der Waals surface area contributed by atoms with Crippen LogP contribution >= 0.6 is 0 Å². The van der Waals surface area contributed by atoms with Gasteiger partial charge >= 0.3 is 0 Å². The zero-order chi connectivity index (χ0) is 33.5. The van der Waals surface area contributed by atoms with Crippen LogP contribution in [0.4, 0.5) is 5.69 Å². The van der Waals surface area contributed by atoms with Crippen molar-refractivity contribution in [3.05, 3.63) is 83.6 Å². The van der Waals surface area contributed by atoms with Crippen LogP contribution in [-0.2, 0) is 17.7 Å². The van der Waals surface area contributed by atoms with Crippen molar-refractivity contribution < 1.29 is 4.74 Å². The van der Waals surface area contributed by atoms with Gasteiger partial charge in [0.1, 0.15) is 5.76 Å². The Morgan fingerprint density at radius 2 is 1.83 bits per heavy atom. The van der Waals surface area contributed by atoms with Crippen molar-refractivity contribution in [1.29, 1.82) is 0 Å². The number of aryl methyl sites for hydroxylation is 1. The van der Waals surface area contributed by atoms with Crippen molar-refractivity contribution in [2.75, 3.05) is 59.2 Å². The summed E-state index contributed by atoms with van der Waals surface area (Å²) in [7, 11) is 3.59. The summed E-state index contributed by atoms with van der Waals surface area (Å²) in [6.45, 7) is 17.0. The number of hydrogen-bond donors (Lipinski definition) is 3. The topological polar surface area (TPSA) is 118 Å². The van der Waals surface area contributed by atoms with E-state index in [4.69, 9.17) is 31.2 Å². The number of nitrogen functional groups attached to an aromatic ring is 1. The number of ether oxygens (including phenoxy) is 1. The summed E-state index contributed by atoms with van der Waals surface area (Å²) in [5.74, 6) is 1.70. The lowest BCUT2D eigenvalue weighted by Gasteiger charge is -2.19. The zero-order valence-electron chi connectivity index (χ0n) is 28.9. The molecular weight excluding hydrogens is 584 g/mol. The van der Waals surface area contributed by atoms with Gasteiger partial charge in [-0.05, 0) is 69.4 Å². The van der Waals surface area contributed by atoms with E-state index in [0.29, 0.717) is 23.9 Å². The fourth-order valence-corrected chi connectivity index (χ4v) is 6.86. The number of nitrogens with one attached hydrogen (secondary N) is 1. The van der Waals surface area contributed by atoms with Crippen LogP contribution < -0.4 is 16.8 Å². The Labute approximate surface area is 280 Å². The first-order chi connectivity index (χ1) is 22.7. The van der Waals surface area contributed by atoms with Gasteiger partial charge in [0.05, 0.1) is 42.3 Å². The number of nitrogens with zero attached hydrogens (tertiary/aromatic N) is 5. The fraction of sp³-hybridized carbons (Fsp3) is 0.447. The van der Waals surface area contributed by atoms with Crippen molar-refractivity contribution in [1.82, 2.24) is 25.1 Å². The van der Waals surface area contributed by atoms with E-state index in [0.717, 1.165) is 114 Å². The predicted octanol–water partition coefficient (Wildman–Crippen LogP) is 5.50. The highest BCUT2D eigenvalue weighted by Crippen LogP contribution is 2.37. The van der Waals surface area contributed by atoms with E-state index in [1.165, 1.54) is 6.42 Å². The Morgan fingerprint density at radius 3 is 2.51 bits per heavy atom. The molecule has 0 spiro atoms. The maximum atomic E-state index is 6.90. The molecule has 9 heteroatoms. The number of rotatable bonds is 13. The number of aromatic nitrogens is 2. The van der Waals surface area contributed by atoms with Crippen molar-refractivity contribution in [3.8, 4) is 22.4 Å². The second-order valence-corrected chi connectivity index (χ2v) is 13.1. The molecule has 5 N–H and O–H groups in total. The first-order valence-corrected chi connectivity index (χ1v) is 16.9. The summed E-state index contributed by atoms with van der Waals surface area (Å²) in [6.07, 6.45) is 6.84. The Morgan fingerprint density at radius 1 is 1.09 bits per heavy atom. The molecule has 0 saturated carbocycles. The van der Waals surface area contributed by atoms with Crippen LogP contribution in [-0.4, -0.2) is 78.9 Å². The van der Waals surface area contributed by atoms with Gasteiger partial charge in [-0.1, -0.05) is 50.8 Å². The van der Waals surface area contributed by atoms with Crippen molar-refractivity contribution >= 4 is 17.2 Å². The van der Waals surface area contributed by atoms with Gasteiger partial charge in [-0.25, -0.2) is 4.98 Å². The number of likely N-dealkylation sites (tertiary alicyclic amines) is 2. The lowest BCUT2D eigenvalue weighted by molar-refractivity contribution is 0.314. The molecule has 3 heterocycles. The second-order valence-electron chi connectivity index (χ2n) is 13.1. The van der Waals surface area contributed by atoms with Gasteiger partial charge in [0.2, 0.25) is 0 Å². The van der Waals surface area contributed by atoms with Gasteiger partial charge in [0.15, 0.2) is 0 Å². The smallest absolute Gasteiger partial charge is 0.146 e. The number of methoxy groups -OCH3 is 1. The monoisotopic (exact) mass is 636 g/mol. The van der Waals surface area contributed by atoms with Crippen LogP contribution in [0.3, 0.4) is 0 Å². The van der Waals surface area contributed by atoms with E-state index >= 15 is 0 Å². The Bertz CT molecular complexity index is 1630. The average Bonchev–Trinajstić information content (AvgIpc) is 3.71. The van der Waals surface area contributed by atoms with Gasteiger partial charge in [-0.15, -0.1) is 0 Å². The molecular formula is C38H52N8O. The van der Waals surface area contributed by atoms with E-state index in [1.807, 2.05) is 25.4 Å². The average molecular weight is 637 g/mol. The molecule has 0 aliphatic carbocycles. The molecule has 2 saturated heterocycles. The maximum Gasteiger partial charge on any atom is 0.146 e. The number of hydrogen-bond acceptors (Lipinski definition) is 9. The lowest BCUT2D eigenvalue weighted by atomic mass is 9.92. The molecule has 0 radical (unpaired) electrons. The Balaban J connectivity index is 1.41. The predicted molar refractivity (Wildman–Crippen MR) is 195 cm³/mol. The summed E-state index contributed by atoms with van der Waals surface area (Å²) in [4.78, 5) is 19.8. The van der Waals surface area contributed by atoms with E-state index in [1.54, 1.807) is 13.3 Å². The minimum absolute atomic E-state index is 0.337. The second kappa shape index (κ2) is 15.7. The number of para-hydroxylation sites is 1. The van der Waals surface area contributed by atoms with Gasteiger partial charge < -0.3 is 21.5 Å². The third-order valence-electron chi connectivity index (χ3n) is 9.59. The Hall–Kier alpha value is -4.05. The lowest BCUT2D eigenvalue weighted by Crippen LogP contribution is -2.33. The minimum Gasteiger partial charge on any atom is -0.494 e. The van der Waals surface area contributed by atoms with Crippen LogP contribution in [0.2, 0.25) is 0 Å².